The highest BCUT2D eigenvalue weighted by Gasteiger charge is 2.16. The third-order valence-corrected chi connectivity index (χ3v) is 3.47. The fraction of sp³-hybridized carbons (Fsp3) is 0.333. The summed E-state index contributed by atoms with van der Waals surface area (Å²) in [5.41, 5.74) is 1.29. The number of hydrogen-bond donors (Lipinski definition) is 0. The van der Waals surface area contributed by atoms with Crippen LogP contribution in [0.25, 0.3) is 0 Å². The standard InChI is InChI=1S/C12H16OP/c1-11(2)7-6-10-14(13)12-8-4-3-5-9-12/h3-5,7-9H,6,10H2,1-2H3/q+1. The molecule has 0 spiro atoms. The van der Waals surface area contributed by atoms with Crippen LogP contribution in [-0.2, 0) is 4.57 Å². The van der Waals surface area contributed by atoms with E-state index in [4.69, 9.17) is 0 Å². The lowest BCUT2D eigenvalue weighted by atomic mass is 10.3. The van der Waals surface area contributed by atoms with Crippen molar-refractivity contribution < 1.29 is 4.57 Å². The number of allylic oxidation sites excluding steroid dienone is 2. The van der Waals surface area contributed by atoms with E-state index in [2.05, 4.69) is 19.9 Å². The molecule has 74 valence electrons. The van der Waals surface area contributed by atoms with E-state index in [1.54, 1.807) is 0 Å². The van der Waals surface area contributed by atoms with Crippen LogP contribution in [0.15, 0.2) is 42.0 Å². The monoisotopic (exact) mass is 207 g/mol. The molecule has 1 aromatic carbocycles. The quantitative estimate of drug-likeness (QED) is 0.545. The molecule has 0 aliphatic rings. The Balaban J connectivity index is 2.48. The van der Waals surface area contributed by atoms with Crippen molar-refractivity contribution in [2.45, 2.75) is 20.3 Å². The first kappa shape index (κ1) is 11.1. The van der Waals surface area contributed by atoms with E-state index in [1.165, 1.54) is 5.57 Å². The second-order valence-corrected chi connectivity index (χ2v) is 5.23. The molecular formula is C12H16OP+. The average molecular weight is 207 g/mol. The molecule has 1 unspecified atom stereocenters. The lowest BCUT2D eigenvalue weighted by Gasteiger charge is -1.88. The summed E-state index contributed by atoms with van der Waals surface area (Å²) >= 11 is 0. The van der Waals surface area contributed by atoms with Gasteiger partial charge in [0.25, 0.3) is 0 Å². The van der Waals surface area contributed by atoms with Gasteiger partial charge in [0.05, 0.1) is 0 Å². The Labute approximate surface area is 86.6 Å². The average Bonchev–Trinajstić information content (AvgIpc) is 2.18. The van der Waals surface area contributed by atoms with E-state index in [9.17, 15) is 4.57 Å². The second kappa shape index (κ2) is 5.72. The van der Waals surface area contributed by atoms with Gasteiger partial charge in [-0.2, -0.15) is 0 Å². The highest BCUT2D eigenvalue weighted by atomic mass is 31.1. The van der Waals surface area contributed by atoms with Crippen molar-refractivity contribution in [1.82, 2.24) is 0 Å². The zero-order chi connectivity index (χ0) is 10.4. The third kappa shape index (κ3) is 3.85. The molecule has 0 fully saturated rings. The van der Waals surface area contributed by atoms with Crippen molar-refractivity contribution in [3.8, 4) is 0 Å². The van der Waals surface area contributed by atoms with E-state index in [0.717, 1.165) is 17.9 Å². The highest BCUT2D eigenvalue weighted by molar-refractivity contribution is 7.53. The summed E-state index contributed by atoms with van der Waals surface area (Å²) in [5.74, 6) is 0. The van der Waals surface area contributed by atoms with Gasteiger partial charge >= 0.3 is 7.80 Å². The molecular weight excluding hydrogens is 191 g/mol. The van der Waals surface area contributed by atoms with Gasteiger partial charge in [-0.25, -0.2) is 0 Å². The van der Waals surface area contributed by atoms with Crippen molar-refractivity contribution in [3.63, 3.8) is 0 Å². The molecule has 0 aliphatic carbocycles. The van der Waals surface area contributed by atoms with Crippen molar-refractivity contribution in [2.75, 3.05) is 6.16 Å². The van der Waals surface area contributed by atoms with E-state index >= 15 is 0 Å². The van der Waals surface area contributed by atoms with Gasteiger partial charge in [-0.05, 0) is 26.0 Å². The maximum Gasteiger partial charge on any atom is 0.377 e. The summed E-state index contributed by atoms with van der Waals surface area (Å²) < 4.78 is 11.7. The van der Waals surface area contributed by atoms with Crippen LogP contribution in [0.1, 0.15) is 20.3 Å². The summed E-state index contributed by atoms with van der Waals surface area (Å²) in [4.78, 5) is 0. The molecule has 1 atom stereocenters. The van der Waals surface area contributed by atoms with Crippen LogP contribution in [-0.4, -0.2) is 6.16 Å². The first-order chi connectivity index (χ1) is 6.70. The van der Waals surface area contributed by atoms with Crippen molar-refractivity contribution in [2.24, 2.45) is 0 Å². The summed E-state index contributed by atoms with van der Waals surface area (Å²) in [6, 6.07) is 9.68. The van der Waals surface area contributed by atoms with Crippen molar-refractivity contribution in [3.05, 3.63) is 42.0 Å². The molecule has 2 heteroatoms. The van der Waals surface area contributed by atoms with Gasteiger partial charge in [0, 0.05) is 6.42 Å². The van der Waals surface area contributed by atoms with E-state index in [-0.39, 0.29) is 0 Å². The zero-order valence-electron chi connectivity index (χ0n) is 8.73. The fourth-order valence-corrected chi connectivity index (χ4v) is 2.32. The Morgan fingerprint density at radius 2 is 1.93 bits per heavy atom. The Kier molecular flexibility index (Phi) is 4.55. The molecule has 1 rings (SSSR count). The van der Waals surface area contributed by atoms with Crippen molar-refractivity contribution in [1.29, 1.82) is 0 Å². The molecule has 14 heavy (non-hydrogen) atoms. The zero-order valence-corrected chi connectivity index (χ0v) is 9.63. The van der Waals surface area contributed by atoms with Gasteiger partial charge in [0.1, 0.15) is 0 Å². The van der Waals surface area contributed by atoms with Crippen molar-refractivity contribution >= 4 is 13.1 Å². The maximum atomic E-state index is 11.7. The van der Waals surface area contributed by atoms with Crippen LogP contribution in [0.5, 0.6) is 0 Å². The second-order valence-electron chi connectivity index (χ2n) is 3.51. The van der Waals surface area contributed by atoms with E-state index < -0.39 is 7.80 Å². The fourth-order valence-electron chi connectivity index (χ4n) is 1.19. The summed E-state index contributed by atoms with van der Waals surface area (Å²) in [6.07, 6.45) is 3.80. The Morgan fingerprint density at radius 3 is 2.50 bits per heavy atom. The number of hydrogen-bond acceptors (Lipinski definition) is 1. The molecule has 0 aromatic heterocycles. The van der Waals surface area contributed by atoms with Gasteiger partial charge in [0.15, 0.2) is 11.5 Å². The van der Waals surface area contributed by atoms with Gasteiger partial charge in [-0.1, -0.05) is 34.4 Å². The SMILES string of the molecule is CC(C)=CCC[P+](=O)c1ccccc1. The third-order valence-electron chi connectivity index (χ3n) is 1.93. The minimum Gasteiger partial charge on any atom is -0.0817 e. The maximum absolute atomic E-state index is 11.7. The molecule has 0 heterocycles. The topological polar surface area (TPSA) is 17.1 Å². The predicted molar refractivity (Wildman–Crippen MR) is 62.6 cm³/mol. The molecule has 0 aliphatic heterocycles. The molecule has 0 saturated carbocycles. The first-order valence-electron chi connectivity index (χ1n) is 4.83. The van der Waals surface area contributed by atoms with Crippen LogP contribution in [0.2, 0.25) is 0 Å². The molecule has 0 bridgehead atoms. The number of rotatable bonds is 4. The molecule has 0 radical (unpaired) electrons. The molecule has 1 nitrogen and oxygen atoms in total. The molecule has 0 saturated heterocycles. The van der Waals surface area contributed by atoms with Gasteiger partial charge in [-0.3, -0.25) is 0 Å². The van der Waals surface area contributed by atoms with Gasteiger partial charge in [-0.15, -0.1) is 0 Å². The van der Waals surface area contributed by atoms with Gasteiger partial charge < -0.3 is 0 Å². The summed E-state index contributed by atoms with van der Waals surface area (Å²) in [7, 11) is -1.20. The normalized spacial score (nSPS) is 10.9. The summed E-state index contributed by atoms with van der Waals surface area (Å²) in [6.45, 7) is 4.13. The Morgan fingerprint density at radius 1 is 1.29 bits per heavy atom. The molecule has 1 aromatic rings. The van der Waals surface area contributed by atoms with Crippen LogP contribution < -0.4 is 5.30 Å². The van der Waals surface area contributed by atoms with Crippen LogP contribution in [0.3, 0.4) is 0 Å². The Hall–Kier alpha value is -0.940. The predicted octanol–water partition coefficient (Wildman–Crippen LogP) is 3.50. The van der Waals surface area contributed by atoms with Crippen LogP contribution in [0, 0.1) is 0 Å². The largest absolute Gasteiger partial charge is 0.377 e. The van der Waals surface area contributed by atoms with E-state index in [0.29, 0.717) is 0 Å². The number of benzene rings is 1. The minimum absolute atomic E-state index is 0.754. The highest BCUT2D eigenvalue weighted by Crippen LogP contribution is 2.20. The first-order valence-corrected chi connectivity index (χ1v) is 6.27. The van der Waals surface area contributed by atoms with Crippen LogP contribution >= 0.6 is 7.80 Å². The summed E-state index contributed by atoms with van der Waals surface area (Å²) in [5, 5.41) is 0.963. The molecule has 0 amide bonds. The lowest BCUT2D eigenvalue weighted by Crippen LogP contribution is -1.96. The smallest absolute Gasteiger partial charge is 0.0817 e. The van der Waals surface area contributed by atoms with Gasteiger partial charge in [0.2, 0.25) is 0 Å². The molecule has 0 N–H and O–H groups in total. The lowest BCUT2D eigenvalue weighted by molar-refractivity contribution is 0.593. The minimum atomic E-state index is -1.20. The van der Waals surface area contributed by atoms with Crippen LogP contribution in [0.4, 0.5) is 0 Å². The Bertz CT molecular complexity index is 323. The van der Waals surface area contributed by atoms with E-state index in [1.807, 2.05) is 30.3 Å².